The van der Waals surface area contributed by atoms with Gasteiger partial charge in [-0.2, -0.15) is 0 Å². The number of nitrogens with zero attached hydrogens (tertiary/aromatic N) is 1. The van der Waals surface area contributed by atoms with Crippen LogP contribution in [-0.4, -0.2) is 57.4 Å². The van der Waals surface area contributed by atoms with Crippen molar-refractivity contribution in [2.24, 2.45) is 5.73 Å². The van der Waals surface area contributed by atoms with Gasteiger partial charge in [0.25, 0.3) is 5.91 Å². The minimum atomic E-state index is -0.0561. The van der Waals surface area contributed by atoms with E-state index in [1.54, 1.807) is 37.3 Å². The van der Waals surface area contributed by atoms with Crippen LogP contribution in [0.1, 0.15) is 29.6 Å². The summed E-state index contributed by atoms with van der Waals surface area (Å²) in [5.74, 6) is 1.07. The molecular formula is C17H26N2O4. The van der Waals surface area contributed by atoms with Crippen LogP contribution in [0.5, 0.6) is 11.5 Å². The fourth-order valence-electron chi connectivity index (χ4n) is 2.65. The van der Waals surface area contributed by atoms with Gasteiger partial charge in [-0.05, 0) is 37.5 Å². The Labute approximate surface area is 137 Å². The summed E-state index contributed by atoms with van der Waals surface area (Å²) in [6, 6.07) is 5.19. The summed E-state index contributed by atoms with van der Waals surface area (Å²) in [7, 11) is 3.36. The first-order valence-electron chi connectivity index (χ1n) is 8.03. The fourth-order valence-corrected chi connectivity index (χ4v) is 2.65. The first-order chi connectivity index (χ1) is 11.2. The van der Waals surface area contributed by atoms with Gasteiger partial charge in [-0.1, -0.05) is 0 Å². The van der Waals surface area contributed by atoms with E-state index in [1.807, 2.05) is 0 Å². The third kappa shape index (κ3) is 4.84. The largest absolute Gasteiger partial charge is 0.493 e. The zero-order chi connectivity index (χ0) is 16.7. The lowest BCUT2D eigenvalue weighted by molar-refractivity contribution is -0.000193. The van der Waals surface area contributed by atoms with Crippen LogP contribution in [0.4, 0.5) is 0 Å². The number of benzene rings is 1. The first-order valence-corrected chi connectivity index (χ1v) is 8.03. The maximum Gasteiger partial charge on any atom is 0.253 e. The lowest BCUT2D eigenvalue weighted by Crippen LogP contribution is -2.37. The first kappa shape index (κ1) is 17.6. The molecule has 0 aliphatic carbocycles. The van der Waals surface area contributed by atoms with E-state index in [0.717, 1.165) is 25.9 Å². The highest BCUT2D eigenvalue weighted by Gasteiger charge is 2.20. The van der Waals surface area contributed by atoms with Gasteiger partial charge < -0.3 is 24.8 Å². The molecule has 2 N–H and O–H groups in total. The molecule has 128 valence electrons. The number of nitrogens with two attached hydrogens (primary N) is 1. The molecular weight excluding hydrogens is 296 g/mol. The van der Waals surface area contributed by atoms with E-state index in [9.17, 15) is 4.79 Å². The number of rotatable bonds is 7. The van der Waals surface area contributed by atoms with Gasteiger partial charge in [0.15, 0.2) is 11.5 Å². The summed E-state index contributed by atoms with van der Waals surface area (Å²) in [4.78, 5) is 14.3. The molecule has 1 aromatic rings. The van der Waals surface area contributed by atoms with Crippen molar-refractivity contribution in [2.75, 3.05) is 40.5 Å². The van der Waals surface area contributed by atoms with E-state index in [0.29, 0.717) is 36.8 Å². The van der Waals surface area contributed by atoms with Crippen LogP contribution >= 0.6 is 0 Å². The zero-order valence-electron chi connectivity index (χ0n) is 13.9. The Kier molecular flexibility index (Phi) is 6.67. The molecule has 0 aromatic heterocycles. The van der Waals surface area contributed by atoms with E-state index in [-0.39, 0.29) is 12.0 Å². The fraction of sp³-hybridized carbons (Fsp3) is 0.588. The molecule has 1 aromatic carbocycles. The van der Waals surface area contributed by atoms with Crippen molar-refractivity contribution in [1.29, 1.82) is 0 Å². The Morgan fingerprint density at radius 3 is 2.87 bits per heavy atom. The number of methoxy groups -OCH3 is 1. The van der Waals surface area contributed by atoms with Crippen LogP contribution in [-0.2, 0) is 4.74 Å². The van der Waals surface area contributed by atoms with Gasteiger partial charge in [-0.15, -0.1) is 0 Å². The number of likely N-dealkylation sites (N-methyl/N-ethyl adjacent to an activating group) is 1. The van der Waals surface area contributed by atoms with Crippen LogP contribution < -0.4 is 15.2 Å². The predicted molar refractivity (Wildman–Crippen MR) is 88.1 cm³/mol. The van der Waals surface area contributed by atoms with E-state index in [1.165, 1.54) is 0 Å². The molecule has 1 heterocycles. The molecule has 1 amide bonds. The number of ether oxygens (including phenoxy) is 3. The van der Waals surface area contributed by atoms with Crippen molar-refractivity contribution in [3.63, 3.8) is 0 Å². The smallest absolute Gasteiger partial charge is 0.253 e. The van der Waals surface area contributed by atoms with Gasteiger partial charge in [0.2, 0.25) is 0 Å². The van der Waals surface area contributed by atoms with Crippen molar-refractivity contribution >= 4 is 5.91 Å². The SMILES string of the molecule is COc1ccc(C(=O)N(C)C[C@H]2CCCCO2)cc1OCCN. The molecule has 0 spiro atoms. The Hall–Kier alpha value is -1.79. The maximum atomic E-state index is 12.6. The number of hydrogen-bond donors (Lipinski definition) is 1. The van der Waals surface area contributed by atoms with Gasteiger partial charge >= 0.3 is 0 Å². The lowest BCUT2D eigenvalue weighted by atomic mass is 10.1. The molecule has 23 heavy (non-hydrogen) atoms. The van der Waals surface area contributed by atoms with Crippen LogP contribution in [0.15, 0.2) is 18.2 Å². The summed E-state index contributed by atoms with van der Waals surface area (Å²) in [5.41, 5.74) is 6.03. The second-order valence-electron chi connectivity index (χ2n) is 5.68. The highest BCUT2D eigenvalue weighted by atomic mass is 16.5. The van der Waals surface area contributed by atoms with Gasteiger partial charge in [-0.3, -0.25) is 4.79 Å². The number of carbonyl (C=O) groups is 1. The summed E-state index contributed by atoms with van der Waals surface area (Å²) < 4.78 is 16.5. The molecule has 1 atom stereocenters. The van der Waals surface area contributed by atoms with Gasteiger partial charge in [0, 0.05) is 32.3 Å². The van der Waals surface area contributed by atoms with Gasteiger partial charge in [0.05, 0.1) is 13.2 Å². The molecule has 0 radical (unpaired) electrons. The predicted octanol–water partition coefficient (Wildman–Crippen LogP) is 1.67. The summed E-state index contributed by atoms with van der Waals surface area (Å²) in [6.07, 6.45) is 3.40. The van der Waals surface area contributed by atoms with Crippen molar-refractivity contribution in [3.05, 3.63) is 23.8 Å². The number of carbonyl (C=O) groups excluding carboxylic acids is 1. The van der Waals surface area contributed by atoms with Crippen molar-refractivity contribution < 1.29 is 19.0 Å². The highest BCUT2D eigenvalue weighted by molar-refractivity contribution is 5.94. The quantitative estimate of drug-likeness (QED) is 0.826. The molecule has 6 heteroatoms. The average molecular weight is 322 g/mol. The summed E-state index contributed by atoms with van der Waals surface area (Å²) in [5, 5.41) is 0. The monoisotopic (exact) mass is 322 g/mol. The molecule has 0 unspecified atom stereocenters. The third-order valence-corrected chi connectivity index (χ3v) is 3.88. The van der Waals surface area contributed by atoms with Gasteiger partial charge in [0.1, 0.15) is 6.61 Å². The third-order valence-electron chi connectivity index (χ3n) is 3.88. The second-order valence-corrected chi connectivity index (χ2v) is 5.68. The Morgan fingerprint density at radius 2 is 2.22 bits per heavy atom. The Bertz CT molecular complexity index is 515. The summed E-state index contributed by atoms with van der Waals surface area (Å²) >= 11 is 0. The van der Waals surface area contributed by atoms with E-state index < -0.39 is 0 Å². The molecule has 1 saturated heterocycles. The van der Waals surface area contributed by atoms with Crippen LogP contribution in [0, 0.1) is 0 Å². The average Bonchev–Trinajstić information content (AvgIpc) is 2.59. The van der Waals surface area contributed by atoms with E-state index >= 15 is 0 Å². The normalized spacial score (nSPS) is 17.6. The topological polar surface area (TPSA) is 74.0 Å². The van der Waals surface area contributed by atoms with Gasteiger partial charge in [-0.25, -0.2) is 0 Å². The lowest BCUT2D eigenvalue weighted by Gasteiger charge is -2.27. The highest BCUT2D eigenvalue weighted by Crippen LogP contribution is 2.28. The van der Waals surface area contributed by atoms with Crippen molar-refractivity contribution in [1.82, 2.24) is 4.90 Å². The van der Waals surface area contributed by atoms with Crippen LogP contribution in [0.3, 0.4) is 0 Å². The number of hydrogen-bond acceptors (Lipinski definition) is 5. The molecule has 1 aliphatic heterocycles. The van der Waals surface area contributed by atoms with Crippen molar-refractivity contribution in [3.8, 4) is 11.5 Å². The maximum absolute atomic E-state index is 12.6. The van der Waals surface area contributed by atoms with Crippen LogP contribution in [0.25, 0.3) is 0 Å². The molecule has 1 fully saturated rings. The van der Waals surface area contributed by atoms with Crippen molar-refractivity contribution in [2.45, 2.75) is 25.4 Å². The Morgan fingerprint density at radius 1 is 1.39 bits per heavy atom. The molecule has 0 bridgehead atoms. The van der Waals surface area contributed by atoms with E-state index in [4.69, 9.17) is 19.9 Å². The zero-order valence-corrected chi connectivity index (χ0v) is 13.9. The standard InChI is InChI=1S/C17H26N2O4/c1-19(12-14-5-3-4-9-22-14)17(20)13-6-7-15(21-2)16(11-13)23-10-8-18/h6-7,11,14H,3-5,8-10,12,18H2,1-2H3/t14-/m1/s1. The minimum Gasteiger partial charge on any atom is -0.493 e. The molecule has 6 nitrogen and oxygen atoms in total. The van der Waals surface area contributed by atoms with E-state index in [2.05, 4.69) is 0 Å². The summed E-state index contributed by atoms with van der Waals surface area (Å²) in [6.45, 7) is 2.16. The minimum absolute atomic E-state index is 0.0561. The Balaban J connectivity index is 2.04. The number of amides is 1. The van der Waals surface area contributed by atoms with Crippen LogP contribution in [0.2, 0.25) is 0 Å². The second kappa shape index (κ2) is 8.74. The molecule has 1 aliphatic rings. The molecule has 2 rings (SSSR count). The molecule has 0 saturated carbocycles.